The normalized spacial score (nSPS) is 21.6. The first-order valence-electron chi connectivity index (χ1n) is 21.9. The van der Waals surface area contributed by atoms with E-state index in [1.54, 1.807) is 26.1 Å². The molecule has 0 aliphatic carbocycles. The molecule has 1 heterocycles. The van der Waals surface area contributed by atoms with E-state index in [4.69, 9.17) is 14.6 Å². The van der Waals surface area contributed by atoms with E-state index in [1.165, 1.54) is 35.8 Å². The van der Waals surface area contributed by atoms with Crippen molar-refractivity contribution in [2.45, 2.75) is 161 Å². The van der Waals surface area contributed by atoms with Crippen molar-refractivity contribution in [2.75, 3.05) is 26.3 Å². The Morgan fingerprint density at radius 3 is 1.71 bits per heavy atom. The minimum atomic E-state index is -8.89. The fraction of sp³-hybridized carbons (Fsp3) is 0.750. The molecule has 1 saturated heterocycles. The number of aliphatic hydroxyl groups is 8. The highest BCUT2D eigenvalue weighted by atomic mass is 31.1. The maximum absolute atomic E-state index is 14.7. The lowest BCUT2D eigenvalue weighted by Crippen LogP contribution is -2.74. The third-order valence-corrected chi connectivity index (χ3v) is 11.1. The number of nitrogens with zero attached hydrogens (tertiary/aromatic N) is 1. The number of rotatable bonds is 26. The number of alkyl halides is 17. The first-order chi connectivity index (χ1) is 35.3. The molecule has 0 bridgehead atoms. The molecular formula is C40H52BF17N5O14P. The van der Waals surface area contributed by atoms with Gasteiger partial charge in [-0.2, -0.15) is 74.6 Å². The summed E-state index contributed by atoms with van der Waals surface area (Å²) < 4.78 is 245. The molecular weight excluding hydrogens is 1140 g/mol. The molecule has 3 amide bonds. The number of aliphatic hydroxyl groups excluding tert-OH is 8. The van der Waals surface area contributed by atoms with Gasteiger partial charge >= 0.3 is 47.6 Å². The monoisotopic (exact) mass is 1190 g/mol. The molecule has 1 aromatic carbocycles. The molecule has 19 nitrogen and oxygen atoms in total. The smallest absolute Gasteiger partial charge is 0.460 e. The fourth-order valence-electron chi connectivity index (χ4n) is 6.34. The second kappa shape index (κ2) is 27.4. The molecule has 5 unspecified atom stereocenters. The molecule has 0 spiro atoms. The minimum absolute atomic E-state index is 0.0241. The summed E-state index contributed by atoms with van der Waals surface area (Å²) in [5.74, 6) is -63.1. The summed E-state index contributed by atoms with van der Waals surface area (Å²) in [6.07, 6.45) is -32.5. The average Bonchev–Trinajstić information content (AvgIpc) is 3.33. The van der Waals surface area contributed by atoms with Crippen LogP contribution in [0.5, 0.6) is 0 Å². The van der Waals surface area contributed by atoms with Crippen LogP contribution in [0.4, 0.5) is 74.6 Å². The van der Waals surface area contributed by atoms with Crippen LogP contribution in [0.1, 0.15) is 62.4 Å². The summed E-state index contributed by atoms with van der Waals surface area (Å²) in [5, 5.41) is 105. The van der Waals surface area contributed by atoms with Crippen molar-refractivity contribution in [2.24, 2.45) is 0 Å². The van der Waals surface area contributed by atoms with Gasteiger partial charge in [-0.25, -0.2) is 4.74 Å². The number of unbranched alkanes of at least 4 members (excludes halogenated alkanes) is 1. The summed E-state index contributed by atoms with van der Waals surface area (Å²) in [6, 6.07) is 3.05. The van der Waals surface area contributed by atoms with Crippen molar-refractivity contribution in [3.63, 3.8) is 0 Å². The molecule has 78 heavy (non-hydrogen) atoms. The van der Waals surface area contributed by atoms with Gasteiger partial charge in [-0.3, -0.25) is 19.5 Å². The highest BCUT2D eigenvalue weighted by molar-refractivity contribution is 7.56. The standard InChI is InChI=1S/C40H51F17N4O14.BHNP/c1-32(2,3)61(73)14-17-7-9-18(10-8-17)28(70)58-12-5-4-6-19(60-30(72)25(68)24(67)27(20(64)15-62)75-31-26(69)23(66)22(65)21(16-63)74-31)29(71)59-13-11-33(41,42)34(43,44)35(45,46)36(47,48)37(49,50)38(51,52)39(53,54)40(55,56)57;1-3-2/h7-10,14,19-27,31,62-69H,4-6,11-13,15-16H2,1-3H3,(H,58,70)(H,59,71)(H,60,72);2H/b61-14-;/t19?,20?,21?,22-,23-,24-,25?,26?,27+,31-;/m0./s1. The lowest BCUT2D eigenvalue weighted by molar-refractivity contribution is -0.530. The van der Waals surface area contributed by atoms with E-state index in [0.29, 0.717) is 10.3 Å². The minimum Gasteiger partial charge on any atom is -0.623 e. The van der Waals surface area contributed by atoms with Crippen molar-refractivity contribution in [1.82, 2.24) is 16.0 Å². The Hall–Kier alpha value is -4.33. The van der Waals surface area contributed by atoms with Crippen molar-refractivity contribution in [3.05, 3.63) is 40.6 Å². The number of carbonyl (C=O) groups excluding carboxylic acids is 3. The third-order valence-electron chi connectivity index (χ3n) is 11.1. The zero-order valence-corrected chi connectivity index (χ0v) is 41.1. The lowest BCUT2D eigenvalue weighted by Gasteiger charge is -2.42. The van der Waals surface area contributed by atoms with Crippen LogP contribution in [-0.4, -0.2) is 218 Å². The topological polar surface area (TPSA) is 318 Å². The molecule has 0 aromatic heterocycles. The van der Waals surface area contributed by atoms with Crippen LogP contribution in [0.25, 0.3) is 0 Å². The lowest BCUT2D eigenvalue weighted by atomic mass is 9.88. The van der Waals surface area contributed by atoms with Gasteiger partial charge < -0.3 is 71.5 Å². The van der Waals surface area contributed by atoms with Gasteiger partial charge in [0.15, 0.2) is 31.7 Å². The van der Waals surface area contributed by atoms with Gasteiger partial charge in [0.25, 0.3) is 11.8 Å². The zero-order valence-electron chi connectivity index (χ0n) is 40.2. The summed E-state index contributed by atoms with van der Waals surface area (Å²) in [6.45, 7) is -0.159. The molecule has 1 aromatic rings. The van der Waals surface area contributed by atoms with Crippen molar-refractivity contribution in [1.29, 1.82) is 5.16 Å². The van der Waals surface area contributed by atoms with E-state index >= 15 is 0 Å². The van der Waals surface area contributed by atoms with Crippen LogP contribution >= 0.6 is 8.25 Å². The molecule has 38 heteroatoms. The maximum Gasteiger partial charge on any atom is 0.460 e. The van der Waals surface area contributed by atoms with E-state index in [1.807, 2.05) is 0 Å². The molecule has 448 valence electrons. The van der Waals surface area contributed by atoms with Gasteiger partial charge in [-0.15, -0.1) is 0 Å². The first kappa shape index (κ1) is 71.7. The van der Waals surface area contributed by atoms with E-state index in [-0.39, 0.29) is 26.8 Å². The Balaban J connectivity index is 0.00000989. The van der Waals surface area contributed by atoms with Crippen molar-refractivity contribution < 1.29 is 144 Å². The highest BCUT2D eigenvalue weighted by Gasteiger charge is 2.95. The number of hydroxylamine groups is 1. The average molecular weight is 1190 g/mol. The molecule has 0 saturated carbocycles. The van der Waals surface area contributed by atoms with Gasteiger partial charge in [-0.05, 0) is 43.5 Å². The van der Waals surface area contributed by atoms with E-state index < -0.39 is 171 Å². The van der Waals surface area contributed by atoms with Gasteiger partial charge in [-0.1, -0.05) is 8.25 Å². The molecule has 1 aliphatic heterocycles. The number of carbonyl (C=O) groups is 3. The summed E-state index contributed by atoms with van der Waals surface area (Å²) in [5.41, 5.74) is -0.419. The Morgan fingerprint density at radius 1 is 0.756 bits per heavy atom. The number of benzene rings is 1. The molecule has 2 rings (SSSR count). The highest BCUT2D eigenvalue weighted by Crippen LogP contribution is 2.64. The Labute approximate surface area is 432 Å². The fourth-order valence-corrected chi connectivity index (χ4v) is 6.34. The molecule has 1 aliphatic rings. The Kier molecular flexibility index (Phi) is 25.2. The van der Waals surface area contributed by atoms with Gasteiger partial charge in [0, 0.05) is 51.4 Å². The predicted molar refractivity (Wildman–Crippen MR) is 231 cm³/mol. The molecule has 2 radical (unpaired) electrons. The largest absolute Gasteiger partial charge is 0.623 e. The second-order valence-electron chi connectivity index (χ2n) is 17.9. The van der Waals surface area contributed by atoms with Crippen LogP contribution in [-0.2, 0) is 19.1 Å². The molecule has 10 atom stereocenters. The number of hydrogen-bond acceptors (Lipinski definition) is 15. The Morgan fingerprint density at radius 2 is 1.24 bits per heavy atom. The predicted octanol–water partition coefficient (Wildman–Crippen LogP) is 2.35. The number of hydrogen-bond donors (Lipinski definition) is 12. The summed E-state index contributed by atoms with van der Waals surface area (Å²) >= 11 is 0. The third kappa shape index (κ3) is 16.0. The van der Waals surface area contributed by atoms with Crippen LogP contribution in [0.15, 0.2) is 24.3 Å². The van der Waals surface area contributed by atoms with E-state index in [0.717, 1.165) is 0 Å². The summed E-state index contributed by atoms with van der Waals surface area (Å²) in [4.78, 5) is 39.1. The quantitative estimate of drug-likeness (QED) is 0.00927. The van der Waals surface area contributed by atoms with Crippen LogP contribution in [0.2, 0.25) is 0 Å². The first-order valence-corrected chi connectivity index (χ1v) is 22.9. The summed E-state index contributed by atoms with van der Waals surface area (Å²) in [7, 11) is 4.65. The maximum atomic E-state index is 14.7. The SMILES string of the molecule is CC(C)(C)/[N+]([O-])=C/c1ccc(C(=O)NCCCCC(NC(=O)C(O)[C@H](O)[C@H](O[C@@H]2OC(CO)[C@H](O)[C@H](O)C2O)C(O)CO)C(=O)NCCC(F)(F)C(F)(F)C(F)(F)C(F)(F)C(F)(F)C(F)(F)C(F)(F)C(F)(F)F)cc1.[B]P=N. The Bertz CT molecular complexity index is 2170. The van der Waals surface area contributed by atoms with Crippen LogP contribution < -0.4 is 16.0 Å². The van der Waals surface area contributed by atoms with Crippen LogP contribution in [0.3, 0.4) is 0 Å². The zero-order chi connectivity index (χ0) is 61.2. The van der Waals surface area contributed by atoms with Gasteiger partial charge in [0.05, 0.1) is 13.2 Å². The van der Waals surface area contributed by atoms with E-state index in [2.05, 4.69) is 12.9 Å². The number of amides is 3. The number of halogens is 17. The van der Waals surface area contributed by atoms with Crippen molar-refractivity contribution >= 4 is 39.8 Å². The second-order valence-corrected chi connectivity index (χ2v) is 18.1. The number of nitrogens with one attached hydrogen (secondary N) is 4. The van der Waals surface area contributed by atoms with Gasteiger partial charge in [0.2, 0.25) is 5.91 Å². The molecule has 1 fully saturated rings. The van der Waals surface area contributed by atoms with Gasteiger partial charge in [0.1, 0.15) is 48.8 Å². The van der Waals surface area contributed by atoms with E-state index in [9.17, 15) is 135 Å². The van der Waals surface area contributed by atoms with Crippen LogP contribution in [0, 0.1) is 10.4 Å². The molecule has 12 N–H and O–H groups in total. The van der Waals surface area contributed by atoms with Crippen molar-refractivity contribution in [3.8, 4) is 0 Å². The number of ether oxygens (including phenoxy) is 2.